The lowest BCUT2D eigenvalue weighted by Gasteiger charge is -2.14. The number of para-hydroxylation sites is 1. The number of nitrogens with zero attached hydrogens (tertiary/aromatic N) is 2. The maximum Gasteiger partial charge on any atom is 0.197 e. The minimum Gasteiger partial charge on any atom is -0.335 e. The molecule has 4 rings (SSSR count). The van der Waals surface area contributed by atoms with E-state index in [-0.39, 0.29) is 5.43 Å². The molecule has 106 valence electrons. The fourth-order valence-electron chi connectivity index (χ4n) is 2.91. The number of hydrogen-bond donors (Lipinski definition) is 0. The number of hydrogen-bond acceptors (Lipinski definition) is 2. The number of aromatic nitrogens is 2. The van der Waals surface area contributed by atoms with Gasteiger partial charge in [0.25, 0.3) is 0 Å². The van der Waals surface area contributed by atoms with Crippen LogP contribution in [0.4, 0.5) is 0 Å². The minimum absolute atomic E-state index is 0.0670. The molecule has 0 saturated carbocycles. The van der Waals surface area contributed by atoms with Crippen molar-refractivity contribution in [2.75, 3.05) is 0 Å². The summed E-state index contributed by atoms with van der Waals surface area (Å²) < 4.78 is 2.16. The first kappa shape index (κ1) is 12.8. The maximum absolute atomic E-state index is 12.7. The lowest BCUT2D eigenvalue weighted by atomic mass is 10.1. The molecule has 0 aliphatic rings. The van der Waals surface area contributed by atoms with Gasteiger partial charge in [0, 0.05) is 23.5 Å². The SMILES string of the molecule is O=c1c2ccccc2n(Cc2ccccc2)c2cnccc12. The topological polar surface area (TPSA) is 34.9 Å². The van der Waals surface area contributed by atoms with E-state index in [2.05, 4.69) is 21.7 Å². The van der Waals surface area contributed by atoms with Crippen molar-refractivity contribution in [3.63, 3.8) is 0 Å². The largest absolute Gasteiger partial charge is 0.335 e. The molecule has 0 amide bonds. The molecule has 2 aromatic carbocycles. The Hall–Kier alpha value is -2.94. The van der Waals surface area contributed by atoms with Crippen LogP contribution in [-0.4, -0.2) is 9.55 Å². The standard InChI is InChI=1S/C19H14N2O/c22-19-15-8-4-5-9-17(15)21(13-14-6-2-1-3-7-14)18-12-20-11-10-16(18)19/h1-12H,13H2. The first-order valence-corrected chi connectivity index (χ1v) is 7.24. The molecule has 3 nitrogen and oxygen atoms in total. The van der Waals surface area contributed by atoms with Gasteiger partial charge in [-0.2, -0.15) is 0 Å². The predicted octanol–water partition coefficient (Wildman–Crippen LogP) is 3.60. The van der Waals surface area contributed by atoms with Crippen molar-refractivity contribution >= 4 is 21.8 Å². The Labute approximate surface area is 127 Å². The van der Waals surface area contributed by atoms with Gasteiger partial charge in [-0.3, -0.25) is 9.78 Å². The third kappa shape index (κ3) is 1.99. The van der Waals surface area contributed by atoms with E-state index in [0.717, 1.165) is 16.4 Å². The van der Waals surface area contributed by atoms with E-state index in [1.807, 2.05) is 42.5 Å². The van der Waals surface area contributed by atoms with Gasteiger partial charge < -0.3 is 4.57 Å². The molecule has 0 aliphatic heterocycles. The molecule has 0 spiro atoms. The summed E-state index contributed by atoms with van der Waals surface area (Å²) in [5, 5.41) is 1.46. The van der Waals surface area contributed by atoms with Gasteiger partial charge >= 0.3 is 0 Å². The number of fused-ring (bicyclic) bond motifs is 2. The van der Waals surface area contributed by atoms with Crippen molar-refractivity contribution in [1.29, 1.82) is 0 Å². The summed E-state index contributed by atoms with van der Waals surface area (Å²) in [5.74, 6) is 0. The van der Waals surface area contributed by atoms with Crippen LogP contribution in [-0.2, 0) is 6.54 Å². The molecule has 4 aromatic rings. The van der Waals surface area contributed by atoms with Gasteiger partial charge in [0.1, 0.15) is 0 Å². The Morgan fingerprint density at radius 3 is 2.41 bits per heavy atom. The molecule has 2 aromatic heterocycles. The summed E-state index contributed by atoms with van der Waals surface area (Å²) in [5.41, 5.74) is 3.07. The number of pyridine rings is 2. The van der Waals surface area contributed by atoms with Crippen LogP contribution in [0.3, 0.4) is 0 Å². The van der Waals surface area contributed by atoms with Gasteiger partial charge in [0.2, 0.25) is 0 Å². The Bertz CT molecular complexity index is 960. The lowest BCUT2D eigenvalue weighted by Crippen LogP contribution is -2.12. The zero-order valence-corrected chi connectivity index (χ0v) is 11.9. The molecule has 0 saturated heterocycles. The smallest absolute Gasteiger partial charge is 0.197 e. The van der Waals surface area contributed by atoms with Gasteiger partial charge in [-0.1, -0.05) is 42.5 Å². The molecule has 0 aliphatic carbocycles. The fraction of sp³-hybridized carbons (Fsp3) is 0.0526. The van der Waals surface area contributed by atoms with E-state index in [9.17, 15) is 4.79 Å². The fourth-order valence-corrected chi connectivity index (χ4v) is 2.91. The summed E-state index contributed by atoms with van der Waals surface area (Å²) in [6.07, 6.45) is 3.44. The van der Waals surface area contributed by atoms with Crippen molar-refractivity contribution in [3.8, 4) is 0 Å². The van der Waals surface area contributed by atoms with Crippen molar-refractivity contribution in [2.45, 2.75) is 6.54 Å². The molecule has 22 heavy (non-hydrogen) atoms. The first-order chi connectivity index (χ1) is 10.8. The summed E-state index contributed by atoms with van der Waals surface area (Å²) in [4.78, 5) is 16.9. The summed E-state index contributed by atoms with van der Waals surface area (Å²) >= 11 is 0. The highest BCUT2D eigenvalue weighted by Gasteiger charge is 2.10. The molecule has 0 radical (unpaired) electrons. The third-order valence-electron chi connectivity index (χ3n) is 3.96. The normalized spacial score (nSPS) is 11.1. The summed E-state index contributed by atoms with van der Waals surface area (Å²) in [7, 11) is 0. The monoisotopic (exact) mass is 286 g/mol. The Kier molecular flexibility index (Phi) is 2.97. The van der Waals surface area contributed by atoms with E-state index >= 15 is 0 Å². The minimum atomic E-state index is 0.0670. The number of benzene rings is 2. The van der Waals surface area contributed by atoms with Gasteiger partial charge in [-0.15, -0.1) is 0 Å². The Balaban J connectivity index is 2.09. The van der Waals surface area contributed by atoms with Crippen LogP contribution in [0, 0.1) is 0 Å². The average Bonchev–Trinajstić information content (AvgIpc) is 2.59. The zero-order chi connectivity index (χ0) is 14.9. The van der Waals surface area contributed by atoms with Crippen LogP contribution in [0.15, 0.2) is 77.9 Å². The molecule has 0 bridgehead atoms. The van der Waals surface area contributed by atoms with Gasteiger partial charge in [0.15, 0.2) is 5.43 Å². The molecule has 0 atom stereocenters. The first-order valence-electron chi connectivity index (χ1n) is 7.24. The highest BCUT2D eigenvalue weighted by atomic mass is 16.1. The second-order valence-corrected chi connectivity index (χ2v) is 5.31. The van der Waals surface area contributed by atoms with E-state index in [1.165, 1.54) is 5.56 Å². The van der Waals surface area contributed by atoms with Crippen molar-refractivity contribution in [1.82, 2.24) is 9.55 Å². The second-order valence-electron chi connectivity index (χ2n) is 5.31. The van der Waals surface area contributed by atoms with Gasteiger partial charge in [-0.05, 0) is 23.8 Å². The van der Waals surface area contributed by atoms with Gasteiger partial charge in [0.05, 0.1) is 17.2 Å². The maximum atomic E-state index is 12.7. The molecular formula is C19H14N2O. The van der Waals surface area contributed by atoms with Crippen molar-refractivity contribution in [2.24, 2.45) is 0 Å². The summed E-state index contributed by atoms with van der Waals surface area (Å²) in [6, 6.07) is 19.8. The quantitative estimate of drug-likeness (QED) is 0.528. The van der Waals surface area contributed by atoms with Crippen LogP contribution < -0.4 is 5.43 Å². The van der Waals surface area contributed by atoms with Crippen LogP contribution in [0.2, 0.25) is 0 Å². The summed E-state index contributed by atoms with van der Waals surface area (Å²) in [6.45, 7) is 0.712. The zero-order valence-electron chi connectivity index (χ0n) is 11.9. The molecule has 0 N–H and O–H groups in total. The van der Waals surface area contributed by atoms with Crippen molar-refractivity contribution < 1.29 is 0 Å². The molecule has 0 unspecified atom stereocenters. The van der Waals surface area contributed by atoms with Crippen LogP contribution in [0.1, 0.15) is 5.56 Å². The molecule has 3 heteroatoms. The van der Waals surface area contributed by atoms with Crippen LogP contribution in [0.5, 0.6) is 0 Å². The molecule has 2 heterocycles. The highest BCUT2D eigenvalue weighted by Crippen LogP contribution is 2.19. The van der Waals surface area contributed by atoms with Gasteiger partial charge in [-0.25, -0.2) is 0 Å². The van der Waals surface area contributed by atoms with Crippen molar-refractivity contribution in [3.05, 3.63) is 88.8 Å². The average molecular weight is 286 g/mol. The predicted molar refractivity (Wildman–Crippen MR) is 89.1 cm³/mol. The molecular weight excluding hydrogens is 272 g/mol. The number of rotatable bonds is 2. The van der Waals surface area contributed by atoms with E-state index in [0.29, 0.717) is 11.9 Å². The Morgan fingerprint density at radius 1 is 0.818 bits per heavy atom. The van der Waals surface area contributed by atoms with E-state index in [4.69, 9.17) is 0 Å². The van der Waals surface area contributed by atoms with Crippen LogP contribution in [0.25, 0.3) is 21.8 Å². The second kappa shape index (κ2) is 5.11. The highest BCUT2D eigenvalue weighted by molar-refractivity contribution is 5.93. The van der Waals surface area contributed by atoms with Crippen LogP contribution >= 0.6 is 0 Å². The van der Waals surface area contributed by atoms with E-state index < -0.39 is 0 Å². The third-order valence-corrected chi connectivity index (χ3v) is 3.96. The van der Waals surface area contributed by atoms with E-state index in [1.54, 1.807) is 18.5 Å². The Morgan fingerprint density at radius 2 is 1.55 bits per heavy atom. The lowest BCUT2D eigenvalue weighted by molar-refractivity contribution is 0.860. The molecule has 0 fully saturated rings.